The summed E-state index contributed by atoms with van der Waals surface area (Å²) >= 11 is 5.71. The summed E-state index contributed by atoms with van der Waals surface area (Å²) in [4.78, 5) is 22.3. The van der Waals surface area contributed by atoms with Crippen LogP contribution in [0.1, 0.15) is 36.2 Å². The van der Waals surface area contributed by atoms with Crippen molar-refractivity contribution in [2.45, 2.75) is 24.9 Å². The predicted molar refractivity (Wildman–Crippen MR) is 137 cm³/mol. The minimum absolute atomic E-state index is 0.0551. The second-order valence-electron chi connectivity index (χ2n) is 9.44. The Bertz CT molecular complexity index is 1440. The minimum atomic E-state index is -0.283. The van der Waals surface area contributed by atoms with Crippen molar-refractivity contribution >= 4 is 28.2 Å². The number of hydrogen-bond acceptors (Lipinski definition) is 7. The Morgan fingerprint density at radius 3 is 2.94 bits per heavy atom. The number of nitrogens with one attached hydrogen (secondary N) is 1. The van der Waals surface area contributed by atoms with Crippen molar-refractivity contribution in [2.24, 2.45) is 0 Å². The second kappa shape index (κ2) is 9.20. The molecule has 2 saturated heterocycles. The first-order valence-corrected chi connectivity index (χ1v) is 12.7. The van der Waals surface area contributed by atoms with E-state index in [1.807, 2.05) is 6.07 Å². The average Bonchev–Trinajstić information content (AvgIpc) is 3.58. The molecule has 3 aliphatic rings. The molecule has 1 aromatic carbocycles. The van der Waals surface area contributed by atoms with Gasteiger partial charge >= 0.3 is 5.69 Å². The Kier molecular flexibility index (Phi) is 5.87. The number of imidazole rings is 1. The van der Waals surface area contributed by atoms with Gasteiger partial charge in [0.2, 0.25) is 5.88 Å². The van der Waals surface area contributed by atoms with Crippen molar-refractivity contribution in [2.75, 3.05) is 45.9 Å². The first-order valence-electron chi connectivity index (χ1n) is 12.3. The van der Waals surface area contributed by atoms with Gasteiger partial charge in [0.25, 0.3) is 0 Å². The number of ether oxygens (including phenoxy) is 1. The van der Waals surface area contributed by atoms with E-state index in [0.29, 0.717) is 39.5 Å². The summed E-state index contributed by atoms with van der Waals surface area (Å²) in [5.41, 5.74) is 1.74. The summed E-state index contributed by atoms with van der Waals surface area (Å²) in [5.74, 6) is -0.0813. The highest BCUT2D eigenvalue weighted by molar-refractivity contribution is 7.80. The third kappa shape index (κ3) is 3.64. The summed E-state index contributed by atoms with van der Waals surface area (Å²) in [5, 5.41) is 25.4. The van der Waals surface area contributed by atoms with E-state index < -0.39 is 0 Å². The molecule has 2 N–H and O–H groups in total. The van der Waals surface area contributed by atoms with E-state index >= 15 is 0 Å². The first-order chi connectivity index (χ1) is 17.6. The minimum Gasteiger partial charge on any atom is -0.493 e. The molecule has 0 aliphatic carbocycles. The molecule has 3 aromatic rings. The number of rotatable bonds is 5. The Labute approximate surface area is 213 Å². The Hall–Kier alpha value is -3.46. The molecule has 0 amide bonds. The summed E-state index contributed by atoms with van der Waals surface area (Å²) < 4.78 is 8.44. The van der Waals surface area contributed by atoms with Gasteiger partial charge in [-0.15, -0.1) is 0 Å². The number of benzene rings is 1. The lowest BCUT2D eigenvalue weighted by atomic mass is 10.1. The number of aromatic nitrogens is 3. The van der Waals surface area contributed by atoms with Gasteiger partial charge in [-0.3, -0.25) is 14.5 Å². The van der Waals surface area contributed by atoms with Gasteiger partial charge in [0, 0.05) is 37.8 Å². The molecule has 36 heavy (non-hydrogen) atoms. The monoisotopic (exact) mass is 505 g/mol. The van der Waals surface area contributed by atoms with Crippen molar-refractivity contribution in [1.82, 2.24) is 29.2 Å². The van der Waals surface area contributed by atoms with E-state index in [9.17, 15) is 15.2 Å². The van der Waals surface area contributed by atoms with Gasteiger partial charge in [-0.25, -0.2) is 9.36 Å². The largest absolute Gasteiger partial charge is 0.493 e. The zero-order valence-corrected chi connectivity index (χ0v) is 20.6. The number of fused-ring (bicyclic) bond motifs is 6. The number of likely N-dealkylation sites (tertiary alicyclic amines) is 1. The van der Waals surface area contributed by atoms with Crippen LogP contribution in [0.2, 0.25) is 0 Å². The van der Waals surface area contributed by atoms with Gasteiger partial charge in [0.15, 0.2) is 5.11 Å². The number of hydrogen-bond donors (Lipinski definition) is 2. The molecule has 0 spiro atoms. The highest BCUT2D eigenvalue weighted by Gasteiger charge is 2.48. The molecule has 3 aliphatic heterocycles. The molecule has 2 fully saturated rings. The van der Waals surface area contributed by atoms with Crippen LogP contribution in [0.3, 0.4) is 0 Å². The van der Waals surface area contributed by atoms with Crippen molar-refractivity contribution in [3.05, 3.63) is 52.2 Å². The Balaban J connectivity index is 1.23. The highest BCUT2D eigenvalue weighted by atomic mass is 32.1. The quantitative estimate of drug-likeness (QED) is 0.395. The smallest absolute Gasteiger partial charge is 0.336 e. The van der Waals surface area contributed by atoms with Crippen LogP contribution in [0.15, 0.2) is 35.3 Å². The third-order valence-corrected chi connectivity index (χ3v) is 7.84. The molecular formula is C25H27N7O3S. The summed E-state index contributed by atoms with van der Waals surface area (Å²) in [6.07, 6.45) is 3.33. The standard InChI is InChI=1S/C25H27N7O3S/c26-14-16-4-5-19(18-3-1-6-27-21(16)18)32-23(33)22-20-13-17(31(22)25(32)34)15-30(20)24(36)28-7-2-8-29-9-11-35-12-10-29/h1,3-6,17,20,33H,2,7-13,15H2,(H,28,36)/t17-,20?/m1/s1. The van der Waals surface area contributed by atoms with E-state index in [2.05, 4.69) is 26.2 Å². The lowest BCUT2D eigenvalue weighted by Gasteiger charge is -2.30. The van der Waals surface area contributed by atoms with Crippen LogP contribution in [0.4, 0.5) is 0 Å². The second-order valence-corrected chi connectivity index (χ2v) is 9.82. The third-order valence-electron chi connectivity index (χ3n) is 7.46. The fourth-order valence-electron chi connectivity index (χ4n) is 5.75. The van der Waals surface area contributed by atoms with Gasteiger partial charge in [-0.1, -0.05) is 0 Å². The van der Waals surface area contributed by atoms with Crippen LogP contribution in [0, 0.1) is 11.3 Å². The molecule has 5 heterocycles. The zero-order chi connectivity index (χ0) is 24.8. The van der Waals surface area contributed by atoms with E-state index in [0.717, 1.165) is 52.2 Å². The van der Waals surface area contributed by atoms with Crippen LogP contribution < -0.4 is 11.0 Å². The maximum absolute atomic E-state index is 13.5. The topological polar surface area (TPSA) is 112 Å². The number of nitrogens with zero attached hydrogens (tertiary/aromatic N) is 6. The van der Waals surface area contributed by atoms with E-state index in [-0.39, 0.29) is 23.7 Å². The zero-order valence-electron chi connectivity index (χ0n) is 19.8. The Morgan fingerprint density at radius 2 is 2.14 bits per heavy atom. The molecule has 0 saturated carbocycles. The number of morpholine rings is 1. The van der Waals surface area contributed by atoms with Crippen molar-refractivity contribution in [1.29, 1.82) is 5.26 Å². The van der Waals surface area contributed by atoms with Crippen LogP contribution >= 0.6 is 12.2 Å². The van der Waals surface area contributed by atoms with Crippen molar-refractivity contribution < 1.29 is 9.84 Å². The van der Waals surface area contributed by atoms with E-state index in [1.165, 1.54) is 4.57 Å². The van der Waals surface area contributed by atoms with Crippen LogP contribution in [-0.2, 0) is 4.74 Å². The number of thiocarbonyl (C=S) groups is 1. The molecule has 2 bridgehead atoms. The maximum Gasteiger partial charge on any atom is 0.336 e. The van der Waals surface area contributed by atoms with Crippen molar-refractivity contribution in [3.8, 4) is 17.6 Å². The van der Waals surface area contributed by atoms with Crippen LogP contribution in [0.25, 0.3) is 16.6 Å². The lowest BCUT2D eigenvalue weighted by Crippen LogP contribution is -2.44. The molecule has 10 nitrogen and oxygen atoms in total. The van der Waals surface area contributed by atoms with Crippen LogP contribution in [0.5, 0.6) is 5.88 Å². The van der Waals surface area contributed by atoms with Gasteiger partial charge < -0.3 is 20.1 Å². The summed E-state index contributed by atoms with van der Waals surface area (Å²) in [6, 6.07) is 8.82. The first kappa shape index (κ1) is 23.0. The van der Waals surface area contributed by atoms with Gasteiger partial charge in [0.1, 0.15) is 11.8 Å². The fourth-order valence-corrected chi connectivity index (χ4v) is 6.06. The molecule has 2 atom stereocenters. The lowest BCUT2D eigenvalue weighted by molar-refractivity contribution is 0.0375. The highest BCUT2D eigenvalue weighted by Crippen LogP contribution is 2.48. The van der Waals surface area contributed by atoms with Gasteiger partial charge in [-0.05, 0) is 55.9 Å². The number of nitriles is 1. The molecule has 0 radical (unpaired) electrons. The molecule has 186 valence electrons. The average molecular weight is 506 g/mol. The van der Waals surface area contributed by atoms with E-state index in [4.69, 9.17) is 17.0 Å². The molecule has 1 unspecified atom stereocenters. The number of aromatic hydroxyl groups is 1. The van der Waals surface area contributed by atoms with Gasteiger partial charge in [-0.2, -0.15) is 5.26 Å². The summed E-state index contributed by atoms with van der Waals surface area (Å²) in [7, 11) is 0. The molecule has 2 aromatic heterocycles. The van der Waals surface area contributed by atoms with E-state index in [1.54, 1.807) is 29.0 Å². The van der Waals surface area contributed by atoms with Crippen molar-refractivity contribution in [3.63, 3.8) is 0 Å². The molecule has 11 heteroatoms. The Morgan fingerprint density at radius 1 is 1.31 bits per heavy atom. The normalized spacial score (nSPS) is 21.0. The summed E-state index contributed by atoms with van der Waals surface area (Å²) in [6.45, 7) is 5.93. The predicted octanol–water partition coefficient (Wildman–Crippen LogP) is 1.66. The number of pyridine rings is 1. The molecule has 6 rings (SSSR count). The SMILES string of the molecule is N#Cc1ccc(-n2c(O)c3n(c2=O)[C@@H]2CC3N(C(=S)NCCCN3CCOCC3)C2)c2cccnc12. The van der Waals surface area contributed by atoms with Crippen LogP contribution in [-0.4, -0.2) is 80.1 Å². The molecular weight excluding hydrogens is 478 g/mol. The fraction of sp³-hybridized carbons (Fsp3) is 0.440. The van der Waals surface area contributed by atoms with Gasteiger partial charge in [0.05, 0.1) is 42.1 Å². The maximum atomic E-state index is 13.5.